The van der Waals surface area contributed by atoms with Crippen molar-refractivity contribution >= 4 is 17.7 Å². The van der Waals surface area contributed by atoms with E-state index in [-0.39, 0.29) is 11.7 Å². The maximum Gasteiger partial charge on any atom is 0.234 e. The van der Waals surface area contributed by atoms with Crippen LogP contribution in [0, 0.1) is 5.82 Å². The summed E-state index contributed by atoms with van der Waals surface area (Å²) in [6, 6.07) is 6.72. The van der Waals surface area contributed by atoms with Crippen molar-refractivity contribution in [3.63, 3.8) is 0 Å². The maximum atomic E-state index is 12.8. The van der Waals surface area contributed by atoms with Gasteiger partial charge in [-0.1, -0.05) is 12.1 Å². The Kier molecular flexibility index (Phi) is 6.06. The first-order chi connectivity index (χ1) is 10.1. The molecule has 1 saturated carbocycles. The second-order valence-corrected chi connectivity index (χ2v) is 6.78. The van der Waals surface area contributed by atoms with Crippen LogP contribution in [0.25, 0.3) is 0 Å². The van der Waals surface area contributed by atoms with Crippen molar-refractivity contribution in [2.75, 3.05) is 19.8 Å². The molecule has 1 aliphatic rings. The Morgan fingerprint density at radius 1 is 1.38 bits per heavy atom. The minimum absolute atomic E-state index is 0.0226. The van der Waals surface area contributed by atoms with Gasteiger partial charge in [-0.25, -0.2) is 4.39 Å². The van der Waals surface area contributed by atoms with Crippen molar-refractivity contribution in [2.24, 2.45) is 0 Å². The van der Waals surface area contributed by atoms with Gasteiger partial charge in [0.25, 0.3) is 0 Å². The van der Waals surface area contributed by atoms with E-state index in [9.17, 15) is 9.18 Å². The van der Waals surface area contributed by atoms with Gasteiger partial charge < -0.3 is 5.32 Å². The number of halogens is 1. The molecule has 1 aliphatic carbocycles. The van der Waals surface area contributed by atoms with E-state index in [0.717, 1.165) is 10.8 Å². The zero-order valence-electron chi connectivity index (χ0n) is 12.6. The first-order valence-corrected chi connectivity index (χ1v) is 8.61. The van der Waals surface area contributed by atoms with Gasteiger partial charge in [0.15, 0.2) is 0 Å². The average molecular weight is 310 g/mol. The second kappa shape index (κ2) is 7.80. The second-order valence-electron chi connectivity index (χ2n) is 5.64. The van der Waals surface area contributed by atoms with Crippen LogP contribution in [0.5, 0.6) is 0 Å². The van der Waals surface area contributed by atoms with E-state index in [1.54, 1.807) is 12.1 Å². The number of benzene rings is 1. The van der Waals surface area contributed by atoms with Crippen molar-refractivity contribution < 1.29 is 9.18 Å². The van der Waals surface area contributed by atoms with Crippen molar-refractivity contribution in [2.45, 2.75) is 37.1 Å². The van der Waals surface area contributed by atoms with Gasteiger partial charge in [-0.05, 0) is 50.3 Å². The molecule has 0 bridgehead atoms. The molecule has 2 rings (SSSR count). The number of nitrogens with one attached hydrogen (secondary N) is 1. The highest BCUT2D eigenvalue weighted by molar-refractivity contribution is 7.99. The first kappa shape index (κ1) is 16.3. The van der Waals surface area contributed by atoms with Gasteiger partial charge >= 0.3 is 0 Å². The summed E-state index contributed by atoms with van der Waals surface area (Å²) < 4.78 is 12.8. The monoisotopic (exact) mass is 310 g/mol. The normalized spacial score (nSPS) is 21.7. The SMILES string of the molecule is CS[C@@H]1CC[C@H](N(C)CC(=O)NCc2ccc(F)cc2)C1. The third-order valence-electron chi connectivity index (χ3n) is 4.11. The number of likely N-dealkylation sites (N-methyl/N-ethyl adjacent to an activating group) is 1. The van der Waals surface area contributed by atoms with Gasteiger partial charge in [0.2, 0.25) is 5.91 Å². The Bertz CT molecular complexity index is 466. The van der Waals surface area contributed by atoms with Crippen LogP contribution in [0.15, 0.2) is 24.3 Å². The van der Waals surface area contributed by atoms with Gasteiger partial charge in [-0.15, -0.1) is 0 Å². The van der Waals surface area contributed by atoms with Crippen LogP contribution in [0.3, 0.4) is 0 Å². The van der Waals surface area contributed by atoms with Crippen LogP contribution in [-0.2, 0) is 11.3 Å². The highest BCUT2D eigenvalue weighted by Gasteiger charge is 2.27. The third kappa shape index (κ3) is 5.00. The molecule has 1 N–H and O–H groups in total. The van der Waals surface area contributed by atoms with Gasteiger partial charge in [-0.2, -0.15) is 11.8 Å². The van der Waals surface area contributed by atoms with Crippen molar-refractivity contribution in [3.8, 4) is 0 Å². The smallest absolute Gasteiger partial charge is 0.234 e. The molecule has 0 spiro atoms. The topological polar surface area (TPSA) is 32.3 Å². The van der Waals surface area contributed by atoms with E-state index in [0.29, 0.717) is 19.1 Å². The fourth-order valence-electron chi connectivity index (χ4n) is 2.75. The number of carbonyl (C=O) groups excluding carboxylic acids is 1. The van der Waals surface area contributed by atoms with Crippen LogP contribution in [0.1, 0.15) is 24.8 Å². The number of rotatable bonds is 6. The molecule has 116 valence electrons. The standard InChI is InChI=1S/C16H23FN2OS/c1-19(14-7-8-15(9-14)21-2)11-16(20)18-10-12-3-5-13(17)6-4-12/h3-6,14-15H,7-11H2,1-2H3,(H,18,20)/t14-,15+/m0/s1. The van der Waals surface area contributed by atoms with Crippen LogP contribution >= 0.6 is 11.8 Å². The lowest BCUT2D eigenvalue weighted by Crippen LogP contribution is -2.39. The summed E-state index contributed by atoms with van der Waals surface area (Å²) in [4.78, 5) is 14.1. The predicted octanol–water partition coefficient (Wildman–Crippen LogP) is 2.66. The van der Waals surface area contributed by atoms with Gasteiger partial charge in [-0.3, -0.25) is 9.69 Å². The van der Waals surface area contributed by atoms with Crippen molar-refractivity contribution in [3.05, 3.63) is 35.6 Å². The lowest BCUT2D eigenvalue weighted by atomic mass is 10.2. The molecule has 0 radical (unpaired) electrons. The minimum atomic E-state index is -0.255. The summed E-state index contributed by atoms with van der Waals surface area (Å²) in [6.45, 7) is 0.873. The molecule has 1 amide bonds. The maximum absolute atomic E-state index is 12.8. The summed E-state index contributed by atoms with van der Waals surface area (Å²) in [7, 11) is 2.02. The molecule has 3 nitrogen and oxygen atoms in total. The fourth-order valence-corrected chi connectivity index (χ4v) is 3.53. The Labute approximate surface area is 130 Å². The molecule has 0 aromatic heterocycles. The van der Waals surface area contributed by atoms with Gasteiger partial charge in [0.05, 0.1) is 6.54 Å². The first-order valence-electron chi connectivity index (χ1n) is 7.32. The number of thioether (sulfide) groups is 1. The molecular weight excluding hydrogens is 287 g/mol. The number of carbonyl (C=O) groups is 1. The van der Waals surface area contributed by atoms with E-state index >= 15 is 0 Å². The number of hydrogen-bond acceptors (Lipinski definition) is 3. The highest BCUT2D eigenvalue weighted by Crippen LogP contribution is 2.30. The molecule has 0 heterocycles. The molecular formula is C16H23FN2OS. The van der Waals surface area contributed by atoms with Crippen molar-refractivity contribution in [1.82, 2.24) is 10.2 Å². The Hall–Kier alpha value is -1.07. The lowest BCUT2D eigenvalue weighted by Gasteiger charge is -2.23. The Balaban J connectivity index is 1.73. The van der Waals surface area contributed by atoms with E-state index in [4.69, 9.17) is 0 Å². The van der Waals surface area contributed by atoms with Gasteiger partial charge in [0, 0.05) is 17.8 Å². The zero-order valence-corrected chi connectivity index (χ0v) is 13.5. The fraction of sp³-hybridized carbons (Fsp3) is 0.562. The molecule has 0 saturated heterocycles. The largest absolute Gasteiger partial charge is 0.351 e. The highest BCUT2D eigenvalue weighted by atomic mass is 32.2. The molecule has 2 atom stereocenters. The summed E-state index contributed by atoms with van der Waals surface area (Å²) >= 11 is 1.92. The van der Waals surface area contributed by atoms with Gasteiger partial charge in [0.1, 0.15) is 5.82 Å². The zero-order chi connectivity index (χ0) is 15.2. The molecule has 1 aromatic rings. The van der Waals surface area contributed by atoms with E-state index in [2.05, 4.69) is 16.5 Å². The van der Waals surface area contributed by atoms with Crippen LogP contribution in [0.2, 0.25) is 0 Å². The average Bonchev–Trinajstić information content (AvgIpc) is 2.96. The van der Waals surface area contributed by atoms with E-state index in [1.165, 1.54) is 31.4 Å². The number of hydrogen-bond donors (Lipinski definition) is 1. The summed E-state index contributed by atoms with van der Waals surface area (Å²) in [5.41, 5.74) is 0.913. The third-order valence-corrected chi connectivity index (χ3v) is 5.20. The minimum Gasteiger partial charge on any atom is -0.351 e. The summed E-state index contributed by atoms with van der Waals surface area (Å²) in [5, 5.41) is 3.63. The van der Waals surface area contributed by atoms with Crippen LogP contribution < -0.4 is 5.32 Å². The Morgan fingerprint density at radius 2 is 2.10 bits per heavy atom. The summed E-state index contributed by atoms with van der Waals surface area (Å²) in [5.74, 6) is -0.233. The lowest BCUT2D eigenvalue weighted by molar-refractivity contribution is -0.122. The Morgan fingerprint density at radius 3 is 2.71 bits per heavy atom. The summed E-state index contributed by atoms with van der Waals surface area (Å²) in [6.07, 6.45) is 5.74. The number of amides is 1. The number of nitrogens with zero attached hydrogens (tertiary/aromatic N) is 1. The molecule has 1 fully saturated rings. The molecule has 0 aliphatic heterocycles. The van der Waals surface area contributed by atoms with E-state index < -0.39 is 0 Å². The molecule has 21 heavy (non-hydrogen) atoms. The molecule has 5 heteroatoms. The van der Waals surface area contributed by atoms with Crippen molar-refractivity contribution in [1.29, 1.82) is 0 Å². The molecule has 0 unspecified atom stereocenters. The quantitative estimate of drug-likeness (QED) is 0.877. The van der Waals surface area contributed by atoms with E-state index in [1.807, 2.05) is 18.8 Å². The molecule has 1 aromatic carbocycles. The van der Waals surface area contributed by atoms with Crippen LogP contribution in [-0.4, -0.2) is 41.9 Å². The predicted molar refractivity (Wildman–Crippen MR) is 85.8 cm³/mol. The van der Waals surface area contributed by atoms with Crippen LogP contribution in [0.4, 0.5) is 4.39 Å².